The van der Waals surface area contributed by atoms with Crippen LogP contribution in [0.25, 0.3) is 0 Å². The summed E-state index contributed by atoms with van der Waals surface area (Å²) < 4.78 is 5.55. The van der Waals surface area contributed by atoms with Crippen LogP contribution >= 0.6 is 0 Å². The predicted octanol–water partition coefficient (Wildman–Crippen LogP) is 1.61. The molecule has 0 aliphatic rings. The number of nitrogens with one attached hydrogen (secondary N) is 1. The van der Waals surface area contributed by atoms with Gasteiger partial charge in [-0.25, -0.2) is 0 Å². The van der Waals surface area contributed by atoms with Gasteiger partial charge in [-0.2, -0.15) is 0 Å². The van der Waals surface area contributed by atoms with Crippen LogP contribution in [0.1, 0.15) is 32.4 Å². The van der Waals surface area contributed by atoms with Crippen LogP contribution in [-0.2, 0) is 4.79 Å². The highest BCUT2D eigenvalue weighted by Gasteiger charge is 2.13. The molecule has 0 aromatic heterocycles. The first-order valence-electron chi connectivity index (χ1n) is 5.84. The predicted molar refractivity (Wildman–Crippen MR) is 67.8 cm³/mol. The number of hydrogen-bond donors (Lipinski definition) is 2. The van der Waals surface area contributed by atoms with Gasteiger partial charge in [-0.05, 0) is 38.5 Å². The van der Waals surface area contributed by atoms with Crippen LogP contribution in [0.15, 0.2) is 24.3 Å². The zero-order valence-corrected chi connectivity index (χ0v) is 10.6. The van der Waals surface area contributed by atoms with Crippen molar-refractivity contribution in [1.82, 2.24) is 5.32 Å². The summed E-state index contributed by atoms with van der Waals surface area (Å²) in [5, 5.41) is 2.71. The number of ether oxygens (including phenoxy) is 1. The van der Waals surface area contributed by atoms with Crippen LogP contribution in [0.3, 0.4) is 0 Å². The fourth-order valence-electron chi connectivity index (χ4n) is 1.45. The second-order valence-corrected chi connectivity index (χ2v) is 4.02. The van der Waals surface area contributed by atoms with E-state index in [-0.39, 0.29) is 11.9 Å². The normalized spacial score (nSPS) is 13.9. The molecule has 0 fully saturated rings. The Morgan fingerprint density at radius 1 is 1.47 bits per heavy atom. The quantitative estimate of drug-likeness (QED) is 0.816. The topological polar surface area (TPSA) is 64.3 Å². The summed E-state index contributed by atoms with van der Waals surface area (Å²) in [6, 6.07) is 7.45. The molecular weight excluding hydrogens is 216 g/mol. The Kier molecular flexibility index (Phi) is 4.97. The van der Waals surface area contributed by atoms with Crippen molar-refractivity contribution in [2.24, 2.45) is 5.73 Å². The molecule has 0 saturated carbocycles. The molecule has 17 heavy (non-hydrogen) atoms. The second-order valence-electron chi connectivity index (χ2n) is 4.02. The van der Waals surface area contributed by atoms with Gasteiger partial charge in [-0.15, -0.1) is 0 Å². The largest absolute Gasteiger partial charge is 0.481 e. The van der Waals surface area contributed by atoms with Crippen LogP contribution in [0, 0.1) is 0 Å². The Labute approximate surface area is 102 Å². The van der Waals surface area contributed by atoms with E-state index >= 15 is 0 Å². The van der Waals surface area contributed by atoms with E-state index in [2.05, 4.69) is 5.32 Å². The standard InChI is InChI=1S/C13H20N2O2/c1-4-15-13(16)10(3)17-12-7-5-6-11(8-12)9(2)14/h5-10H,4,14H2,1-3H3,(H,15,16)/t9-,10?/m0/s1. The van der Waals surface area contributed by atoms with Crippen molar-refractivity contribution in [3.05, 3.63) is 29.8 Å². The van der Waals surface area contributed by atoms with Crippen molar-refractivity contribution < 1.29 is 9.53 Å². The summed E-state index contributed by atoms with van der Waals surface area (Å²) >= 11 is 0. The van der Waals surface area contributed by atoms with Crippen molar-refractivity contribution in [3.63, 3.8) is 0 Å². The molecule has 4 heteroatoms. The SMILES string of the molecule is CCNC(=O)C(C)Oc1cccc([C@H](C)N)c1. The summed E-state index contributed by atoms with van der Waals surface area (Å²) in [7, 11) is 0. The zero-order chi connectivity index (χ0) is 12.8. The summed E-state index contributed by atoms with van der Waals surface area (Å²) in [4.78, 5) is 11.5. The maximum absolute atomic E-state index is 11.5. The molecule has 0 radical (unpaired) electrons. The lowest BCUT2D eigenvalue weighted by molar-refractivity contribution is -0.127. The second kappa shape index (κ2) is 6.25. The van der Waals surface area contributed by atoms with E-state index in [1.807, 2.05) is 38.1 Å². The fourth-order valence-corrected chi connectivity index (χ4v) is 1.45. The number of carbonyl (C=O) groups is 1. The third kappa shape index (κ3) is 4.07. The van der Waals surface area contributed by atoms with E-state index in [0.717, 1.165) is 5.56 Å². The van der Waals surface area contributed by atoms with E-state index in [1.165, 1.54) is 0 Å². The number of benzene rings is 1. The lowest BCUT2D eigenvalue weighted by Gasteiger charge is -2.15. The average molecular weight is 236 g/mol. The molecule has 1 unspecified atom stereocenters. The van der Waals surface area contributed by atoms with E-state index in [0.29, 0.717) is 12.3 Å². The summed E-state index contributed by atoms with van der Waals surface area (Å²) in [6.45, 7) is 6.11. The third-order valence-corrected chi connectivity index (χ3v) is 2.42. The Morgan fingerprint density at radius 3 is 2.76 bits per heavy atom. The minimum absolute atomic E-state index is 0.0432. The molecule has 4 nitrogen and oxygen atoms in total. The minimum atomic E-state index is -0.502. The van der Waals surface area contributed by atoms with E-state index in [9.17, 15) is 4.79 Å². The van der Waals surface area contributed by atoms with Gasteiger partial charge in [0.1, 0.15) is 5.75 Å². The van der Waals surface area contributed by atoms with Crippen molar-refractivity contribution in [2.45, 2.75) is 32.9 Å². The maximum Gasteiger partial charge on any atom is 0.260 e. The molecule has 2 atom stereocenters. The lowest BCUT2D eigenvalue weighted by Crippen LogP contribution is -2.36. The first-order chi connectivity index (χ1) is 8.04. The number of amides is 1. The molecule has 0 bridgehead atoms. The molecule has 94 valence electrons. The summed E-state index contributed by atoms with van der Waals surface area (Å²) in [5.74, 6) is 0.553. The molecule has 1 amide bonds. The van der Waals surface area contributed by atoms with Crippen LogP contribution in [0.4, 0.5) is 0 Å². The molecular formula is C13H20N2O2. The number of carbonyl (C=O) groups excluding carboxylic acids is 1. The molecule has 1 aromatic carbocycles. The summed E-state index contributed by atoms with van der Waals surface area (Å²) in [6.07, 6.45) is -0.502. The maximum atomic E-state index is 11.5. The average Bonchev–Trinajstić information content (AvgIpc) is 2.29. The van der Waals surface area contributed by atoms with Crippen LogP contribution in [-0.4, -0.2) is 18.6 Å². The summed E-state index contributed by atoms with van der Waals surface area (Å²) in [5.41, 5.74) is 6.78. The minimum Gasteiger partial charge on any atom is -0.481 e. The molecule has 3 N–H and O–H groups in total. The first kappa shape index (κ1) is 13.5. The molecule has 0 aliphatic carbocycles. The Bertz CT molecular complexity index is 377. The Morgan fingerprint density at radius 2 is 2.18 bits per heavy atom. The smallest absolute Gasteiger partial charge is 0.260 e. The van der Waals surface area contributed by atoms with Crippen molar-refractivity contribution in [3.8, 4) is 5.75 Å². The van der Waals surface area contributed by atoms with Gasteiger partial charge in [0.2, 0.25) is 0 Å². The molecule has 0 saturated heterocycles. The van der Waals surface area contributed by atoms with Crippen LogP contribution in [0.5, 0.6) is 5.75 Å². The van der Waals surface area contributed by atoms with Crippen LogP contribution in [0.2, 0.25) is 0 Å². The highest BCUT2D eigenvalue weighted by molar-refractivity contribution is 5.80. The van der Waals surface area contributed by atoms with Gasteiger partial charge in [0.25, 0.3) is 5.91 Å². The molecule has 0 aliphatic heterocycles. The Hall–Kier alpha value is -1.55. The fraction of sp³-hybridized carbons (Fsp3) is 0.462. The van der Waals surface area contributed by atoms with Gasteiger partial charge in [0.15, 0.2) is 6.10 Å². The number of hydrogen-bond acceptors (Lipinski definition) is 3. The number of likely N-dealkylation sites (N-methyl/N-ethyl adjacent to an activating group) is 1. The zero-order valence-electron chi connectivity index (χ0n) is 10.6. The van der Waals surface area contributed by atoms with Gasteiger partial charge in [0, 0.05) is 12.6 Å². The monoisotopic (exact) mass is 236 g/mol. The third-order valence-electron chi connectivity index (χ3n) is 2.42. The highest BCUT2D eigenvalue weighted by Crippen LogP contribution is 2.18. The Balaban J connectivity index is 2.68. The van der Waals surface area contributed by atoms with Gasteiger partial charge >= 0.3 is 0 Å². The number of nitrogens with two attached hydrogens (primary N) is 1. The van der Waals surface area contributed by atoms with Gasteiger partial charge in [-0.1, -0.05) is 12.1 Å². The number of rotatable bonds is 5. The molecule has 0 spiro atoms. The lowest BCUT2D eigenvalue weighted by atomic mass is 10.1. The van der Waals surface area contributed by atoms with Crippen molar-refractivity contribution >= 4 is 5.91 Å². The van der Waals surface area contributed by atoms with Gasteiger partial charge in [0.05, 0.1) is 0 Å². The first-order valence-corrected chi connectivity index (χ1v) is 5.84. The van der Waals surface area contributed by atoms with E-state index in [4.69, 9.17) is 10.5 Å². The highest BCUT2D eigenvalue weighted by atomic mass is 16.5. The van der Waals surface area contributed by atoms with E-state index in [1.54, 1.807) is 6.92 Å². The van der Waals surface area contributed by atoms with Crippen molar-refractivity contribution in [2.75, 3.05) is 6.54 Å². The van der Waals surface area contributed by atoms with Gasteiger partial charge in [-0.3, -0.25) is 4.79 Å². The van der Waals surface area contributed by atoms with Gasteiger partial charge < -0.3 is 15.8 Å². The molecule has 1 aromatic rings. The van der Waals surface area contributed by atoms with E-state index < -0.39 is 6.10 Å². The van der Waals surface area contributed by atoms with Crippen LogP contribution < -0.4 is 15.8 Å². The molecule has 1 rings (SSSR count). The molecule has 0 heterocycles. The van der Waals surface area contributed by atoms with Crippen molar-refractivity contribution in [1.29, 1.82) is 0 Å².